The maximum Gasteiger partial charge on any atom is 0.323 e. The maximum atomic E-state index is 14.0. The van der Waals surface area contributed by atoms with E-state index in [0.29, 0.717) is 31.4 Å². The number of urea groups is 1. The Hall–Kier alpha value is -4.60. The molecular weight excluding hydrogens is 671 g/mol. The van der Waals surface area contributed by atoms with Crippen molar-refractivity contribution < 1.29 is 33.5 Å². The second-order valence-electron chi connectivity index (χ2n) is 13.9. The van der Waals surface area contributed by atoms with Gasteiger partial charge in [0.25, 0.3) is 0 Å². The summed E-state index contributed by atoms with van der Waals surface area (Å²) in [6, 6.07) is 11.2. The smallest absolute Gasteiger partial charge is 0.323 e. The van der Waals surface area contributed by atoms with Crippen LogP contribution in [0.25, 0.3) is 0 Å². The number of carbonyl (C=O) groups excluding carboxylic acids is 4. The Labute approximate surface area is 305 Å². The number of nitrogens with two attached hydrogens (primary N) is 3. The highest BCUT2D eigenvalue weighted by Gasteiger charge is 2.40. The Morgan fingerprint density at radius 1 is 0.846 bits per heavy atom. The zero-order valence-corrected chi connectivity index (χ0v) is 30.2. The quantitative estimate of drug-likeness (QED) is 0.104. The molecule has 0 radical (unpaired) electrons. The average Bonchev–Trinajstić information content (AvgIpc) is 3.11. The molecule has 1 heterocycles. The van der Waals surface area contributed by atoms with Crippen molar-refractivity contribution in [1.82, 2.24) is 25.8 Å². The summed E-state index contributed by atoms with van der Waals surface area (Å²) in [5.41, 5.74) is 17.5. The van der Waals surface area contributed by atoms with Gasteiger partial charge in [-0.15, -0.1) is 0 Å². The predicted octanol–water partition coefficient (Wildman–Crippen LogP) is 1.46. The molecule has 14 nitrogen and oxygen atoms in total. The van der Waals surface area contributed by atoms with E-state index >= 15 is 0 Å². The number of benzene rings is 2. The van der Waals surface area contributed by atoms with Crippen LogP contribution in [0.1, 0.15) is 63.5 Å². The Balaban J connectivity index is 1.81. The lowest BCUT2D eigenvalue weighted by Crippen LogP contribution is -2.60. The van der Waals surface area contributed by atoms with Crippen molar-refractivity contribution in [2.24, 2.45) is 23.1 Å². The lowest BCUT2D eigenvalue weighted by Gasteiger charge is -2.38. The van der Waals surface area contributed by atoms with Crippen molar-refractivity contribution >= 4 is 29.7 Å². The summed E-state index contributed by atoms with van der Waals surface area (Å²) < 4.78 is 13.5. The lowest BCUT2D eigenvalue weighted by molar-refractivity contribution is -0.148. The van der Waals surface area contributed by atoms with E-state index in [1.807, 2.05) is 44.2 Å². The van der Waals surface area contributed by atoms with Gasteiger partial charge < -0.3 is 48.1 Å². The molecule has 0 aliphatic carbocycles. The second-order valence-corrected chi connectivity index (χ2v) is 13.9. The number of halogens is 1. The number of hydrogen-bond acceptors (Lipinski definition) is 8. The Morgan fingerprint density at radius 3 is 2.04 bits per heavy atom. The van der Waals surface area contributed by atoms with Crippen molar-refractivity contribution in [3.05, 3.63) is 71.5 Å². The molecule has 0 unspecified atom stereocenters. The Morgan fingerprint density at radius 2 is 1.46 bits per heavy atom. The number of likely N-dealkylation sites (tertiary alicyclic amines) is 1. The van der Waals surface area contributed by atoms with E-state index in [1.165, 1.54) is 21.9 Å². The molecule has 286 valence electrons. The first-order valence-corrected chi connectivity index (χ1v) is 17.9. The van der Waals surface area contributed by atoms with E-state index in [0.717, 1.165) is 5.56 Å². The molecule has 1 aliphatic heterocycles. The molecule has 1 aliphatic rings. The molecule has 0 aromatic heterocycles. The summed E-state index contributed by atoms with van der Waals surface area (Å²) in [7, 11) is 0. The second kappa shape index (κ2) is 20.4. The van der Waals surface area contributed by atoms with Crippen LogP contribution in [0.5, 0.6) is 0 Å². The highest BCUT2D eigenvalue weighted by molar-refractivity contribution is 5.94. The molecule has 3 atom stereocenters. The number of carbonyl (C=O) groups is 5. The molecule has 3 rings (SSSR count). The van der Waals surface area contributed by atoms with E-state index in [2.05, 4.69) is 16.0 Å². The van der Waals surface area contributed by atoms with Crippen LogP contribution < -0.4 is 33.2 Å². The number of carboxylic acids is 1. The summed E-state index contributed by atoms with van der Waals surface area (Å²) in [5.74, 6) is -3.08. The minimum absolute atomic E-state index is 0.0313. The first-order valence-electron chi connectivity index (χ1n) is 17.9. The van der Waals surface area contributed by atoms with E-state index in [4.69, 9.17) is 17.2 Å². The molecule has 0 spiro atoms. The standard InChI is InChI=1S/C37H55FN8O6/c1-25(2)22-30(32(47)42-29(10-6-7-17-39)34(49)45-19-15-37(41,16-20-45)35(50)51)43-33(48)31(23-26-8-4-3-5-9-26)44-36(52)46(21-18-40)24-27-11-13-28(38)14-12-27/h3-5,8-9,11-14,25,29-31H,6-7,10,15-24,39-41H2,1-2H3,(H,42,47)(H,43,48)(H,44,52)(H,50,51)/t29-,30-,31-/m1/s1. The first-order chi connectivity index (χ1) is 24.8. The number of amides is 5. The molecule has 52 heavy (non-hydrogen) atoms. The highest BCUT2D eigenvalue weighted by Crippen LogP contribution is 2.21. The molecule has 10 N–H and O–H groups in total. The third-order valence-electron chi connectivity index (χ3n) is 9.16. The van der Waals surface area contributed by atoms with Gasteiger partial charge in [-0.2, -0.15) is 0 Å². The number of nitrogens with one attached hydrogen (secondary N) is 3. The van der Waals surface area contributed by atoms with Gasteiger partial charge in [0.1, 0.15) is 29.5 Å². The van der Waals surface area contributed by atoms with Gasteiger partial charge in [-0.1, -0.05) is 56.3 Å². The monoisotopic (exact) mass is 726 g/mol. The van der Waals surface area contributed by atoms with Crippen LogP contribution in [0.15, 0.2) is 54.6 Å². The number of unbranched alkanes of at least 4 members (excludes halogenated alkanes) is 1. The van der Waals surface area contributed by atoms with Gasteiger partial charge in [0, 0.05) is 39.1 Å². The van der Waals surface area contributed by atoms with Gasteiger partial charge in [-0.25, -0.2) is 9.18 Å². The number of aliphatic carboxylic acids is 1. The maximum absolute atomic E-state index is 14.0. The lowest BCUT2D eigenvalue weighted by atomic mass is 9.88. The zero-order valence-electron chi connectivity index (χ0n) is 30.2. The highest BCUT2D eigenvalue weighted by atomic mass is 19.1. The summed E-state index contributed by atoms with van der Waals surface area (Å²) in [6.45, 7) is 4.89. The van der Waals surface area contributed by atoms with Crippen molar-refractivity contribution in [2.45, 2.75) is 89.0 Å². The molecular formula is C37H55FN8O6. The van der Waals surface area contributed by atoms with Crippen molar-refractivity contribution in [1.29, 1.82) is 0 Å². The average molecular weight is 727 g/mol. The minimum atomic E-state index is -1.42. The normalized spacial score (nSPS) is 15.6. The number of rotatable bonds is 19. The predicted molar refractivity (Wildman–Crippen MR) is 195 cm³/mol. The Kier molecular flexibility index (Phi) is 16.4. The first kappa shape index (κ1) is 41.8. The molecule has 0 saturated carbocycles. The molecule has 0 bridgehead atoms. The molecule has 2 aromatic rings. The fourth-order valence-electron chi connectivity index (χ4n) is 6.08. The van der Waals surface area contributed by atoms with Crippen LogP contribution in [0.2, 0.25) is 0 Å². The van der Waals surface area contributed by atoms with Gasteiger partial charge >= 0.3 is 12.0 Å². The SMILES string of the molecule is CC(C)C[C@@H](NC(=O)[C@@H](Cc1ccccc1)NC(=O)N(CCN)Cc1ccc(F)cc1)C(=O)N[C@H](CCCCN)C(=O)N1CCC(N)(C(=O)O)CC1. The van der Waals surface area contributed by atoms with Crippen LogP contribution in [0.4, 0.5) is 9.18 Å². The van der Waals surface area contributed by atoms with E-state index < -0.39 is 53.3 Å². The third-order valence-corrected chi connectivity index (χ3v) is 9.16. The van der Waals surface area contributed by atoms with Crippen LogP contribution in [0, 0.1) is 11.7 Å². The third kappa shape index (κ3) is 12.9. The number of hydrogen-bond donors (Lipinski definition) is 7. The summed E-state index contributed by atoms with van der Waals surface area (Å²) in [5, 5.41) is 18.0. The minimum Gasteiger partial charge on any atom is -0.480 e. The van der Waals surface area contributed by atoms with Gasteiger partial charge in [0.15, 0.2) is 0 Å². The van der Waals surface area contributed by atoms with Crippen molar-refractivity contribution in [2.75, 3.05) is 32.7 Å². The topological polar surface area (TPSA) is 226 Å². The zero-order chi connectivity index (χ0) is 38.3. The number of piperidine rings is 1. The summed E-state index contributed by atoms with van der Waals surface area (Å²) >= 11 is 0. The number of nitrogens with zero attached hydrogens (tertiary/aromatic N) is 2. The van der Waals surface area contributed by atoms with E-state index in [1.54, 1.807) is 12.1 Å². The van der Waals surface area contributed by atoms with Crippen LogP contribution in [0.3, 0.4) is 0 Å². The van der Waals surface area contributed by atoms with Gasteiger partial charge in [0.05, 0.1) is 0 Å². The largest absolute Gasteiger partial charge is 0.480 e. The summed E-state index contributed by atoms with van der Waals surface area (Å²) in [6.07, 6.45) is 1.99. The molecule has 1 saturated heterocycles. The van der Waals surface area contributed by atoms with Gasteiger partial charge in [-0.05, 0) is 74.2 Å². The molecule has 5 amide bonds. The van der Waals surface area contributed by atoms with Gasteiger partial charge in [-0.3, -0.25) is 19.2 Å². The molecule has 2 aromatic carbocycles. The van der Waals surface area contributed by atoms with E-state index in [9.17, 15) is 33.5 Å². The van der Waals surface area contributed by atoms with Gasteiger partial charge in [0.2, 0.25) is 17.7 Å². The number of carboxylic acid groups (broad SMARTS) is 1. The van der Waals surface area contributed by atoms with E-state index in [-0.39, 0.29) is 70.2 Å². The fourth-order valence-corrected chi connectivity index (χ4v) is 6.08. The van der Waals surface area contributed by atoms with Crippen molar-refractivity contribution in [3.8, 4) is 0 Å². The molecule has 15 heteroatoms. The Bertz CT molecular complexity index is 1470. The van der Waals surface area contributed by atoms with Crippen LogP contribution in [-0.2, 0) is 32.1 Å². The van der Waals surface area contributed by atoms with Crippen LogP contribution >= 0.6 is 0 Å². The van der Waals surface area contributed by atoms with Crippen molar-refractivity contribution in [3.63, 3.8) is 0 Å². The molecule has 1 fully saturated rings. The fraction of sp³-hybridized carbons (Fsp3) is 0.541. The summed E-state index contributed by atoms with van der Waals surface area (Å²) in [4.78, 5) is 69.8. The van der Waals surface area contributed by atoms with Crippen LogP contribution in [-0.4, -0.2) is 101 Å².